The number of unbranched alkanes of at least 4 members (excludes halogenated alkanes) is 3. The van der Waals surface area contributed by atoms with Gasteiger partial charge in [0.05, 0.1) is 16.6 Å². The number of aryl methyl sites for hydroxylation is 1. The molecule has 0 saturated heterocycles. The molecule has 4 aromatic rings. The number of rotatable bonds is 7. The van der Waals surface area contributed by atoms with Gasteiger partial charge in [-0.05, 0) is 25.0 Å². The summed E-state index contributed by atoms with van der Waals surface area (Å²) in [4.78, 5) is 26.9. The minimum Gasteiger partial charge on any atom is -0.454 e. The topological polar surface area (TPSA) is 106 Å². The lowest BCUT2D eigenvalue weighted by atomic mass is 10.1. The normalized spacial score (nSPS) is 12.8. The molecule has 8 nitrogen and oxygen atoms in total. The van der Waals surface area contributed by atoms with Gasteiger partial charge in [0, 0.05) is 35.2 Å². The lowest BCUT2D eigenvalue weighted by molar-refractivity contribution is -0.129. The predicted octanol–water partition coefficient (Wildman–Crippen LogP) is 3.82. The number of ether oxygens (including phenoxy) is 2. The molecule has 0 aliphatic carbocycles. The molecule has 1 amide bonds. The number of H-pyrrole nitrogens is 1. The van der Waals surface area contributed by atoms with Crippen LogP contribution in [0, 0.1) is 0 Å². The molecule has 0 spiro atoms. The highest BCUT2D eigenvalue weighted by molar-refractivity contribution is 6.16. The quantitative estimate of drug-likeness (QED) is 0.239. The number of nitrogens with one attached hydrogen (secondary N) is 2. The molecule has 0 saturated carbocycles. The van der Waals surface area contributed by atoms with Crippen LogP contribution in [0.2, 0.25) is 0 Å². The zero-order valence-electron chi connectivity index (χ0n) is 16.9. The Labute approximate surface area is 177 Å². The highest BCUT2D eigenvalue weighted by atomic mass is 16.7. The summed E-state index contributed by atoms with van der Waals surface area (Å²) in [5.74, 6) is 1.04. The zero-order valence-corrected chi connectivity index (χ0v) is 16.9. The summed E-state index contributed by atoms with van der Waals surface area (Å²) in [7, 11) is 0. The first kappa shape index (κ1) is 19.4. The van der Waals surface area contributed by atoms with Crippen LogP contribution in [0.15, 0.2) is 41.2 Å². The van der Waals surface area contributed by atoms with Crippen molar-refractivity contribution < 1.29 is 19.5 Å². The summed E-state index contributed by atoms with van der Waals surface area (Å²) in [6, 6.07) is 11.6. The molecule has 3 heterocycles. The number of hydrogen-bond donors (Lipinski definition) is 3. The number of aromatic nitrogens is 2. The fraction of sp³-hybridized carbons (Fsp3) is 0.304. The second-order valence-electron chi connectivity index (χ2n) is 7.80. The van der Waals surface area contributed by atoms with Crippen LogP contribution in [0.3, 0.4) is 0 Å². The molecular formula is C23H23N3O5. The van der Waals surface area contributed by atoms with Crippen LogP contribution in [-0.4, -0.2) is 27.5 Å². The second-order valence-corrected chi connectivity index (χ2v) is 7.80. The van der Waals surface area contributed by atoms with Gasteiger partial charge >= 0.3 is 0 Å². The highest BCUT2D eigenvalue weighted by Crippen LogP contribution is 2.40. The molecule has 1 aliphatic rings. The fourth-order valence-corrected chi connectivity index (χ4v) is 4.41. The van der Waals surface area contributed by atoms with E-state index in [2.05, 4.69) is 9.55 Å². The Kier molecular flexibility index (Phi) is 4.99. The van der Waals surface area contributed by atoms with Crippen molar-refractivity contribution in [2.75, 3.05) is 6.79 Å². The first-order valence-corrected chi connectivity index (χ1v) is 10.5. The summed E-state index contributed by atoms with van der Waals surface area (Å²) in [6.45, 7) is 0.961. The maximum absolute atomic E-state index is 12.7. The third-order valence-electron chi connectivity index (χ3n) is 5.88. The number of hydroxylamine groups is 1. The van der Waals surface area contributed by atoms with E-state index in [1.54, 1.807) is 5.48 Å². The summed E-state index contributed by atoms with van der Waals surface area (Å²) in [5, 5.41) is 11.1. The molecule has 2 aromatic carbocycles. The molecule has 0 atom stereocenters. The van der Waals surface area contributed by atoms with Crippen molar-refractivity contribution in [1.29, 1.82) is 0 Å². The predicted molar refractivity (Wildman–Crippen MR) is 117 cm³/mol. The molecule has 160 valence electrons. The second kappa shape index (κ2) is 7.96. The molecule has 31 heavy (non-hydrogen) atoms. The van der Waals surface area contributed by atoms with Crippen molar-refractivity contribution in [2.45, 2.75) is 38.6 Å². The first-order valence-electron chi connectivity index (χ1n) is 10.5. The van der Waals surface area contributed by atoms with Crippen molar-refractivity contribution in [2.24, 2.45) is 0 Å². The van der Waals surface area contributed by atoms with Crippen LogP contribution in [0.1, 0.15) is 32.1 Å². The van der Waals surface area contributed by atoms with Gasteiger partial charge in [0.25, 0.3) is 5.56 Å². The van der Waals surface area contributed by atoms with Gasteiger partial charge in [-0.3, -0.25) is 14.8 Å². The van der Waals surface area contributed by atoms with Gasteiger partial charge in [-0.2, -0.15) is 0 Å². The Morgan fingerprint density at radius 1 is 1.03 bits per heavy atom. The number of fused-ring (bicyclic) bond motifs is 6. The van der Waals surface area contributed by atoms with Crippen molar-refractivity contribution in [3.8, 4) is 11.5 Å². The minimum absolute atomic E-state index is 0.109. The molecule has 0 fully saturated rings. The van der Waals surface area contributed by atoms with Gasteiger partial charge < -0.3 is 19.0 Å². The maximum Gasteiger partial charge on any atom is 0.256 e. The fourth-order valence-electron chi connectivity index (χ4n) is 4.41. The summed E-state index contributed by atoms with van der Waals surface area (Å²) in [6.07, 6.45) is 3.82. The Bertz CT molecular complexity index is 1350. The van der Waals surface area contributed by atoms with E-state index in [1.807, 2.05) is 36.4 Å². The minimum atomic E-state index is -0.353. The summed E-state index contributed by atoms with van der Waals surface area (Å²) in [5.41, 5.74) is 4.35. The number of benzene rings is 2. The Balaban J connectivity index is 1.55. The van der Waals surface area contributed by atoms with E-state index in [0.717, 1.165) is 59.6 Å². The zero-order chi connectivity index (χ0) is 21.4. The molecule has 0 bridgehead atoms. The Morgan fingerprint density at radius 2 is 1.77 bits per heavy atom. The van der Waals surface area contributed by atoms with Crippen LogP contribution >= 0.6 is 0 Å². The molecule has 3 N–H and O–H groups in total. The van der Waals surface area contributed by atoms with E-state index in [9.17, 15) is 9.59 Å². The molecule has 8 heteroatoms. The maximum atomic E-state index is 12.7. The van der Waals surface area contributed by atoms with Gasteiger partial charge in [0.1, 0.15) is 0 Å². The van der Waals surface area contributed by atoms with Crippen molar-refractivity contribution >= 4 is 38.6 Å². The molecule has 5 rings (SSSR count). The lowest BCUT2D eigenvalue weighted by Gasteiger charge is -2.09. The number of carbonyl (C=O) groups is 1. The third-order valence-corrected chi connectivity index (χ3v) is 5.88. The third kappa shape index (κ3) is 3.38. The van der Waals surface area contributed by atoms with Crippen molar-refractivity contribution in [3.05, 3.63) is 46.8 Å². The number of pyridine rings is 1. The largest absolute Gasteiger partial charge is 0.454 e. The average molecular weight is 421 g/mol. The van der Waals surface area contributed by atoms with Crippen molar-refractivity contribution in [3.63, 3.8) is 0 Å². The van der Waals surface area contributed by atoms with Gasteiger partial charge in [-0.25, -0.2) is 5.48 Å². The number of hydrogen-bond acceptors (Lipinski definition) is 5. The van der Waals surface area contributed by atoms with Gasteiger partial charge in [0.2, 0.25) is 12.7 Å². The smallest absolute Gasteiger partial charge is 0.256 e. The first-order chi connectivity index (χ1) is 15.2. The number of amides is 1. The van der Waals surface area contributed by atoms with Gasteiger partial charge in [-0.15, -0.1) is 0 Å². The van der Waals surface area contributed by atoms with Crippen LogP contribution in [0.25, 0.3) is 32.7 Å². The summed E-state index contributed by atoms with van der Waals surface area (Å²) >= 11 is 0. The van der Waals surface area contributed by atoms with Crippen LogP contribution in [-0.2, 0) is 11.3 Å². The monoisotopic (exact) mass is 421 g/mol. The highest BCUT2D eigenvalue weighted by Gasteiger charge is 2.21. The molecule has 1 aliphatic heterocycles. The average Bonchev–Trinajstić information content (AvgIpc) is 3.37. The SMILES string of the molecule is O=C(CCCCCCn1c2cc3c(cc2c2[nH]c(=O)c4ccccc4c21)OCO3)NO. The lowest BCUT2D eigenvalue weighted by Crippen LogP contribution is -2.17. The van der Waals surface area contributed by atoms with E-state index in [-0.39, 0.29) is 18.3 Å². The number of nitrogens with zero attached hydrogens (tertiary/aromatic N) is 1. The molecule has 0 radical (unpaired) electrons. The number of aromatic amines is 1. The van der Waals surface area contributed by atoms with Crippen molar-refractivity contribution in [1.82, 2.24) is 15.0 Å². The molecular weight excluding hydrogens is 398 g/mol. The molecule has 0 unspecified atom stereocenters. The van der Waals surface area contributed by atoms with E-state index in [4.69, 9.17) is 14.7 Å². The standard InChI is InChI=1S/C23H23N3O5/c27-20(25-29)9-3-1-2-6-10-26-17-12-19-18(30-13-31-19)11-16(17)21-22(26)14-7-4-5-8-15(14)23(28)24-21/h4-5,7-8,11-12,29H,1-3,6,9-10,13H2,(H,24,28)(H,25,27). The van der Waals surface area contributed by atoms with Crippen LogP contribution in [0.5, 0.6) is 11.5 Å². The molecule has 2 aromatic heterocycles. The van der Waals surface area contributed by atoms with E-state index in [1.165, 1.54) is 0 Å². The Hall–Kier alpha value is -3.52. The Morgan fingerprint density at radius 3 is 2.58 bits per heavy atom. The van der Waals surface area contributed by atoms with Crippen LogP contribution < -0.4 is 20.5 Å². The van der Waals surface area contributed by atoms with E-state index < -0.39 is 0 Å². The van der Waals surface area contributed by atoms with Gasteiger partial charge in [0.15, 0.2) is 11.5 Å². The van der Waals surface area contributed by atoms with E-state index >= 15 is 0 Å². The van der Waals surface area contributed by atoms with E-state index in [0.29, 0.717) is 23.3 Å². The summed E-state index contributed by atoms with van der Waals surface area (Å²) < 4.78 is 13.4. The van der Waals surface area contributed by atoms with Crippen LogP contribution in [0.4, 0.5) is 0 Å². The van der Waals surface area contributed by atoms with Gasteiger partial charge in [-0.1, -0.05) is 31.0 Å². The number of carbonyl (C=O) groups excluding carboxylic acids is 1.